The van der Waals surface area contributed by atoms with Gasteiger partial charge in [-0.15, -0.1) is 10.2 Å². The number of benzene rings is 1. The molecule has 2 aliphatic rings. The van der Waals surface area contributed by atoms with E-state index in [1.54, 1.807) is 0 Å². The molecule has 0 spiro atoms. The minimum atomic E-state index is -4.69. The highest BCUT2D eigenvalue weighted by atomic mass is 19.4. The van der Waals surface area contributed by atoms with Crippen molar-refractivity contribution >= 4 is 5.65 Å². The molecular formula is C22H20F5N3O2. The molecule has 1 aromatic carbocycles. The quantitative estimate of drug-likeness (QED) is 0.463. The lowest BCUT2D eigenvalue weighted by atomic mass is 10.1. The summed E-state index contributed by atoms with van der Waals surface area (Å²) in [7, 11) is 1.25. The van der Waals surface area contributed by atoms with Crippen molar-refractivity contribution < 1.29 is 31.4 Å². The lowest BCUT2D eigenvalue weighted by Gasteiger charge is -2.15. The van der Waals surface area contributed by atoms with Crippen molar-refractivity contribution in [1.82, 2.24) is 14.6 Å². The van der Waals surface area contributed by atoms with Crippen molar-refractivity contribution in [3.63, 3.8) is 0 Å². The van der Waals surface area contributed by atoms with Crippen LogP contribution in [0, 0.1) is 23.5 Å². The molecule has 0 aliphatic heterocycles. The normalized spacial score (nSPS) is 20.6. The van der Waals surface area contributed by atoms with E-state index >= 15 is 0 Å². The molecule has 2 saturated carbocycles. The molecular weight excluding hydrogens is 433 g/mol. The summed E-state index contributed by atoms with van der Waals surface area (Å²) < 4.78 is 81.7. The molecule has 3 aromatic rings. The largest absolute Gasteiger partial charge is 0.493 e. The van der Waals surface area contributed by atoms with Gasteiger partial charge in [0.2, 0.25) is 0 Å². The first-order valence-corrected chi connectivity index (χ1v) is 10.4. The van der Waals surface area contributed by atoms with E-state index in [0.717, 1.165) is 25.0 Å². The number of pyridine rings is 1. The van der Waals surface area contributed by atoms with Crippen LogP contribution < -0.4 is 9.47 Å². The summed E-state index contributed by atoms with van der Waals surface area (Å²) in [5.74, 6) is -1.55. The summed E-state index contributed by atoms with van der Waals surface area (Å²) in [5, 5.41) is 7.73. The molecule has 2 atom stereocenters. The summed E-state index contributed by atoms with van der Waals surface area (Å²) in [4.78, 5) is 0. The predicted octanol–water partition coefficient (Wildman–Crippen LogP) is 5.17. The van der Waals surface area contributed by atoms with E-state index in [1.165, 1.54) is 23.8 Å². The number of fused-ring (bicyclic) bond motifs is 1. The molecule has 0 bridgehead atoms. The minimum absolute atomic E-state index is 0.0773. The van der Waals surface area contributed by atoms with Gasteiger partial charge in [-0.25, -0.2) is 8.78 Å². The van der Waals surface area contributed by atoms with Crippen LogP contribution in [0.4, 0.5) is 22.0 Å². The second-order valence-corrected chi connectivity index (χ2v) is 8.40. The van der Waals surface area contributed by atoms with E-state index in [4.69, 9.17) is 9.47 Å². The maximum atomic E-state index is 14.3. The molecule has 0 amide bonds. The van der Waals surface area contributed by atoms with Gasteiger partial charge in [0, 0.05) is 24.1 Å². The van der Waals surface area contributed by atoms with E-state index in [9.17, 15) is 22.0 Å². The maximum absolute atomic E-state index is 14.3. The Morgan fingerprint density at radius 2 is 1.84 bits per heavy atom. The molecule has 2 heterocycles. The number of hydrogen-bond donors (Lipinski definition) is 0. The Kier molecular flexibility index (Phi) is 4.98. The fraction of sp³-hybridized carbons (Fsp3) is 0.455. The summed E-state index contributed by atoms with van der Waals surface area (Å²) >= 11 is 0. The Labute approximate surface area is 180 Å². The first-order chi connectivity index (χ1) is 15.3. The van der Waals surface area contributed by atoms with Crippen molar-refractivity contribution in [3.05, 3.63) is 53.0 Å². The van der Waals surface area contributed by atoms with Crippen molar-refractivity contribution in [2.24, 2.45) is 11.8 Å². The van der Waals surface area contributed by atoms with Crippen LogP contribution in [0.3, 0.4) is 0 Å². The number of hydrogen-bond acceptors (Lipinski definition) is 4. The summed E-state index contributed by atoms with van der Waals surface area (Å²) in [6.07, 6.45) is -0.0803. The molecule has 2 fully saturated rings. The van der Waals surface area contributed by atoms with Gasteiger partial charge in [0.1, 0.15) is 23.0 Å². The third-order valence-electron chi connectivity index (χ3n) is 6.11. The van der Waals surface area contributed by atoms with Crippen LogP contribution in [-0.2, 0) is 12.6 Å². The number of alkyl halides is 3. The smallest absolute Gasteiger partial charge is 0.423 e. The van der Waals surface area contributed by atoms with E-state index < -0.39 is 29.3 Å². The third-order valence-corrected chi connectivity index (χ3v) is 6.11. The lowest BCUT2D eigenvalue weighted by molar-refractivity contribution is -0.138. The Morgan fingerprint density at radius 1 is 1.09 bits per heavy atom. The van der Waals surface area contributed by atoms with Crippen molar-refractivity contribution in [2.75, 3.05) is 13.7 Å². The standard InChI is InChI=1S/C22H20F5N3O2/c1-31-20-15(24)5-4-14(23)18(20)13-9-12(13)10-32-16-6-7-30-17(8-11-2-3-11)28-29-21(30)19(16)22(25,26)27/h4-7,11-13H,2-3,8-10H2,1H3. The van der Waals surface area contributed by atoms with Crippen molar-refractivity contribution in [3.8, 4) is 11.5 Å². The van der Waals surface area contributed by atoms with Crippen molar-refractivity contribution in [2.45, 2.75) is 37.8 Å². The molecule has 2 aromatic heterocycles. The van der Waals surface area contributed by atoms with Crippen molar-refractivity contribution in [1.29, 1.82) is 0 Å². The molecule has 32 heavy (non-hydrogen) atoms. The number of rotatable bonds is 7. The van der Waals surface area contributed by atoms with Gasteiger partial charge in [0.15, 0.2) is 17.2 Å². The van der Waals surface area contributed by atoms with Gasteiger partial charge in [-0.2, -0.15) is 13.2 Å². The van der Waals surface area contributed by atoms with Crippen LogP contribution in [0.25, 0.3) is 5.65 Å². The molecule has 0 saturated heterocycles. The number of ether oxygens (including phenoxy) is 2. The highest BCUT2D eigenvalue weighted by Crippen LogP contribution is 2.52. The fourth-order valence-electron chi connectivity index (χ4n) is 4.18. The van der Waals surface area contributed by atoms with Crippen LogP contribution in [-0.4, -0.2) is 28.3 Å². The molecule has 2 aliphatic carbocycles. The van der Waals surface area contributed by atoms with E-state index in [-0.39, 0.29) is 35.2 Å². The zero-order chi connectivity index (χ0) is 22.6. The van der Waals surface area contributed by atoms with Gasteiger partial charge in [-0.3, -0.25) is 4.40 Å². The van der Waals surface area contributed by atoms with E-state index in [0.29, 0.717) is 24.6 Å². The molecule has 170 valence electrons. The lowest BCUT2D eigenvalue weighted by Crippen LogP contribution is -2.13. The van der Waals surface area contributed by atoms with E-state index in [1.807, 2.05) is 0 Å². The monoisotopic (exact) mass is 453 g/mol. The molecule has 5 nitrogen and oxygen atoms in total. The van der Waals surface area contributed by atoms with Crippen LogP contribution in [0.1, 0.15) is 42.1 Å². The molecule has 2 unspecified atom stereocenters. The first kappa shape index (κ1) is 21.0. The van der Waals surface area contributed by atoms with E-state index in [2.05, 4.69) is 10.2 Å². The molecule has 0 N–H and O–H groups in total. The molecule has 0 radical (unpaired) electrons. The second-order valence-electron chi connectivity index (χ2n) is 8.40. The number of aromatic nitrogens is 3. The number of methoxy groups -OCH3 is 1. The zero-order valence-electron chi connectivity index (χ0n) is 17.1. The predicted molar refractivity (Wildman–Crippen MR) is 104 cm³/mol. The van der Waals surface area contributed by atoms with Gasteiger partial charge in [-0.1, -0.05) is 0 Å². The fourth-order valence-corrected chi connectivity index (χ4v) is 4.18. The van der Waals surface area contributed by atoms with Crippen LogP contribution in [0.15, 0.2) is 24.4 Å². The highest BCUT2D eigenvalue weighted by molar-refractivity contribution is 5.57. The minimum Gasteiger partial charge on any atom is -0.493 e. The SMILES string of the molecule is COc1c(F)ccc(F)c1C1CC1COc1ccn2c(CC3CC3)nnc2c1C(F)(F)F. The van der Waals surface area contributed by atoms with Gasteiger partial charge in [0.05, 0.1) is 13.7 Å². The Morgan fingerprint density at radius 3 is 2.53 bits per heavy atom. The van der Waals surface area contributed by atoms with Gasteiger partial charge >= 0.3 is 6.18 Å². The summed E-state index contributed by atoms with van der Waals surface area (Å²) in [6.45, 7) is -0.0773. The average molecular weight is 453 g/mol. The second kappa shape index (κ2) is 7.60. The summed E-state index contributed by atoms with van der Waals surface area (Å²) in [5.41, 5.74) is -1.19. The molecule has 5 rings (SSSR count). The van der Waals surface area contributed by atoms with Gasteiger partial charge in [-0.05, 0) is 49.3 Å². The summed E-state index contributed by atoms with van der Waals surface area (Å²) in [6, 6.07) is 3.26. The number of halogens is 5. The van der Waals surface area contributed by atoms with Gasteiger partial charge in [0.25, 0.3) is 0 Å². The number of nitrogens with zero attached hydrogens (tertiary/aromatic N) is 3. The highest BCUT2D eigenvalue weighted by Gasteiger charge is 2.44. The topological polar surface area (TPSA) is 48.7 Å². The average Bonchev–Trinajstić information content (AvgIpc) is 3.66. The first-order valence-electron chi connectivity index (χ1n) is 10.4. The third kappa shape index (κ3) is 3.75. The van der Waals surface area contributed by atoms with Crippen LogP contribution in [0.2, 0.25) is 0 Å². The Balaban J connectivity index is 1.38. The maximum Gasteiger partial charge on any atom is 0.423 e. The van der Waals surface area contributed by atoms with Gasteiger partial charge < -0.3 is 9.47 Å². The van der Waals surface area contributed by atoms with Crippen LogP contribution >= 0.6 is 0 Å². The Bertz CT molecular complexity index is 1170. The Hall–Kier alpha value is -2.91. The van der Waals surface area contributed by atoms with Crippen LogP contribution in [0.5, 0.6) is 11.5 Å². The zero-order valence-corrected chi connectivity index (χ0v) is 17.1. The molecule has 10 heteroatoms.